The molecule has 1 amide bonds. The molecule has 1 N–H and O–H groups in total. The summed E-state index contributed by atoms with van der Waals surface area (Å²) in [5, 5.41) is 2.91. The van der Waals surface area contributed by atoms with Crippen LogP contribution < -0.4 is 9.62 Å². The summed E-state index contributed by atoms with van der Waals surface area (Å²) in [4.78, 5) is 15.8. The van der Waals surface area contributed by atoms with Crippen molar-refractivity contribution in [2.24, 2.45) is 0 Å². The van der Waals surface area contributed by atoms with Gasteiger partial charge in [0.2, 0.25) is 0 Å². The highest BCUT2D eigenvalue weighted by Gasteiger charge is 2.21. The molecule has 30 heavy (non-hydrogen) atoms. The largest absolute Gasteiger partial charge is 0.379 e. The van der Waals surface area contributed by atoms with E-state index in [1.807, 2.05) is 6.26 Å². The minimum atomic E-state index is -3.67. The number of anilines is 1. The van der Waals surface area contributed by atoms with Crippen LogP contribution in [-0.2, 0) is 14.8 Å². The van der Waals surface area contributed by atoms with Crippen molar-refractivity contribution >= 4 is 33.4 Å². The van der Waals surface area contributed by atoms with E-state index in [1.54, 1.807) is 60.3 Å². The number of morpholine rings is 1. The molecule has 3 rings (SSSR count). The van der Waals surface area contributed by atoms with Crippen molar-refractivity contribution in [2.75, 3.05) is 57.0 Å². The van der Waals surface area contributed by atoms with E-state index >= 15 is 0 Å². The summed E-state index contributed by atoms with van der Waals surface area (Å²) >= 11 is 1.56. The lowest BCUT2D eigenvalue weighted by atomic mass is 10.2. The highest BCUT2D eigenvalue weighted by molar-refractivity contribution is 7.98. The third-order valence-electron chi connectivity index (χ3n) is 5.03. The van der Waals surface area contributed by atoms with Crippen molar-refractivity contribution < 1.29 is 17.9 Å². The smallest absolute Gasteiger partial charge is 0.264 e. The fraction of sp³-hybridized carbons (Fsp3) is 0.381. The number of hydrogen-bond acceptors (Lipinski definition) is 6. The van der Waals surface area contributed by atoms with Gasteiger partial charge in [0.25, 0.3) is 15.9 Å². The van der Waals surface area contributed by atoms with Gasteiger partial charge in [-0.1, -0.05) is 0 Å². The highest BCUT2D eigenvalue weighted by atomic mass is 32.2. The number of benzene rings is 2. The third-order valence-corrected chi connectivity index (χ3v) is 7.57. The highest BCUT2D eigenvalue weighted by Crippen LogP contribution is 2.24. The fourth-order valence-corrected chi connectivity index (χ4v) is 4.73. The zero-order valence-electron chi connectivity index (χ0n) is 17.2. The van der Waals surface area contributed by atoms with Crippen molar-refractivity contribution in [1.82, 2.24) is 10.2 Å². The molecule has 7 nitrogen and oxygen atoms in total. The van der Waals surface area contributed by atoms with Crippen LogP contribution >= 0.6 is 11.8 Å². The predicted molar refractivity (Wildman–Crippen MR) is 120 cm³/mol. The first-order valence-corrected chi connectivity index (χ1v) is 12.4. The first-order chi connectivity index (χ1) is 14.4. The number of amides is 1. The third kappa shape index (κ3) is 5.54. The minimum absolute atomic E-state index is 0.173. The summed E-state index contributed by atoms with van der Waals surface area (Å²) in [5.74, 6) is -0.173. The molecule has 1 heterocycles. The summed E-state index contributed by atoms with van der Waals surface area (Å²) in [6.07, 6.45) is 1.94. The van der Waals surface area contributed by atoms with Crippen molar-refractivity contribution in [3.63, 3.8) is 0 Å². The minimum Gasteiger partial charge on any atom is -0.379 e. The SMILES string of the molecule is CSc1ccc(S(=O)(=O)N(C)c2ccc(C(=O)NCCN3CCOCC3)cc2)cc1. The van der Waals surface area contributed by atoms with E-state index in [0.29, 0.717) is 17.8 Å². The monoisotopic (exact) mass is 449 g/mol. The van der Waals surface area contributed by atoms with Crippen LogP contribution in [-0.4, -0.2) is 71.9 Å². The second-order valence-electron chi connectivity index (χ2n) is 6.90. The number of nitrogens with one attached hydrogen (secondary N) is 1. The maximum absolute atomic E-state index is 12.9. The molecule has 0 atom stereocenters. The number of carbonyl (C=O) groups is 1. The number of sulfonamides is 1. The summed E-state index contributed by atoms with van der Waals surface area (Å²) in [6.45, 7) is 4.56. The van der Waals surface area contributed by atoms with Gasteiger partial charge in [-0.25, -0.2) is 8.42 Å². The first kappa shape index (κ1) is 22.6. The standard InChI is InChI=1S/C21H27N3O4S2/c1-23(30(26,27)20-9-7-19(29-2)8-10-20)18-5-3-17(4-6-18)21(25)22-11-12-24-13-15-28-16-14-24/h3-10H,11-16H2,1-2H3,(H,22,25). The first-order valence-electron chi connectivity index (χ1n) is 9.73. The van der Waals surface area contributed by atoms with E-state index in [-0.39, 0.29) is 10.8 Å². The van der Waals surface area contributed by atoms with Gasteiger partial charge in [0.05, 0.1) is 23.8 Å². The molecule has 162 valence electrons. The second-order valence-corrected chi connectivity index (χ2v) is 9.75. The van der Waals surface area contributed by atoms with Crippen molar-refractivity contribution in [2.45, 2.75) is 9.79 Å². The number of ether oxygens (including phenoxy) is 1. The molecular weight excluding hydrogens is 422 g/mol. The zero-order valence-corrected chi connectivity index (χ0v) is 18.8. The van der Waals surface area contributed by atoms with Gasteiger partial charge in [0, 0.05) is 43.7 Å². The molecule has 0 unspecified atom stereocenters. The van der Waals surface area contributed by atoms with E-state index in [4.69, 9.17) is 4.74 Å². The molecule has 9 heteroatoms. The van der Waals surface area contributed by atoms with Crippen LogP contribution in [0.3, 0.4) is 0 Å². The van der Waals surface area contributed by atoms with Gasteiger partial charge >= 0.3 is 0 Å². The van der Waals surface area contributed by atoms with Gasteiger partial charge in [-0.15, -0.1) is 11.8 Å². The summed E-state index contributed by atoms with van der Waals surface area (Å²) in [7, 11) is -2.16. The Morgan fingerprint density at radius 3 is 2.33 bits per heavy atom. The Morgan fingerprint density at radius 1 is 1.10 bits per heavy atom. The Balaban J connectivity index is 1.60. The van der Waals surface area contributed by atoms with Crippen LogP contribution in [0, 0.1) is 0 Å². The molecule has 0 spiro atoms. The van der Waals surface area contributed by atoms with Gasteiger partial charge in [0.1, 0.15) is 0 Å². The maximum atomic E-state index is 12.9. The lowest BCUT2D eigenvalue weighted by Gasteiger charge is -2.26. The topological polar surface area (TPSA) is 79.0 Å². The Hall–Kier alpha value is -2.07. The molecule has 1 aliphatic heterocycles. The number of hydrogen-bond donors (Lipinski definition) is 1. The maximum Gasteiger partial charge on any atom is 0.264 e. The Morgan fingerprint density at radius 2 is 1.73 bits per heavy atom. The lowest BCUT2D eigenvalue weighted by molar-refractivity contribution is 0.0383. The molecule has 2 aromatic carbocycles. The second kappa shape index (κ2) is 10.3. The quantitative estimate of drug-likeness (QED) is 0.623. The molecule has 1 fully saturated rings. The fourth-order valence-electron chi connectivity index (χ4n) is 3.12. The average Bonchev–Trinajstić information content (AvgIpc) is 2.79. The number of rotatable bonds is 8. The average molecular weight is 450 g/mol. The van der Waals surface area contributed by atoms with Gasteiger partial charge in [0.15, 0.2) is 0 Å². The van der Waals surface area contributed by atoms with Gasteiger partial charge in [-0.2, -0.15) is 0 Å². The Labute approximate surface area is 182 Å². The molecular formula is C21H27N3O4S2. The van der Waals surface area contributed by atoms with Crippen molar-refractivity contribution in [3.05, 3.63) is 54.1 Å². The van der Waals surface area contributed by atoms with E-state index < -0.39 is 10.0 Å². The predicted octanol–water partition coefficient (Wildman–Crippen LogP) is 2.30. The Bertz CT molecular complexity index is 941. The van der Waals surface area contributed by atoms with E-state index in [9.17, 15) is 13.2 Å². The van der Waals surface area contributed by atoms with Crippen LogP contribution in [0.1, 0.15) is 10.4 Å². The van der Waals surface area contributed by atoms with E-state index in [1.165, 1.54) is 11.4 Å². The van der Waals surface area contributed by atoms with Crippen LogP contribution in [0.5, 0.6) is 0 Å². The molecule has 0 bridgehead atoms. The molecule has 0 aliphatic carbocycles. The summed E-state index contributed by atoms with van der Waals surface area (Å²) in [6, 6.07) is 13.4. The van der Waals surface area contributed by atoms with Crippen LogP contribution in [0.15, 0.2) is 58.3 Å². The number of thioether (sulfide) groups is 1. The molecule has 0 radical (unpaired) electrons. The summed E-state index contributed by atoms with van der Waals surface area (Å²) < 4.78 is 32.3. The van der Waals surface area contributed by atoms with Gasteiger partial charge < -0.3 is 10.1 Å². The summed E-state index contributed by atoms with van der Waals surface area (Å²) in [5.41, 5.74) is 0.990. The lowest BCUT2D eigenvalue weighted by Crippen LogP contribution is -2.41. The van der Waals surface area contributed by atoms with E-state index in [2.05, 4.69) is 10.2 Å². The van der Waals surface area contributed by atoms with Crippen LogP contribution in [0.4, 0.5) is 5.69 Å². The molecule has 1 aliphatic rings. The van der Waals surface area contributed by atoms with Crippen molar-refractivity contribution in [3.8, 4) is 0 Å². The van der Waals surface area contributed by atoms with Crippen LogP contribution in [0.25, 0.3) is 0 Å². The van der Waals surface area contributed by atoms with Crippen molar-refractivity contribution in [1.29, 1.82) is 0 Å². The Kier molecular flexibility index (Phi) is 7.76. The van der Waals surface area contributed by atoms with Gasteiger partial charge in [-0.05, 0) is 54.8 Å². The number of nitrogens with zero attached hydrogens (tertiary/aromatic N) is 2. The molecule has 0 aromatic heterocycles. The normalized spacial score (nSPS) is 15.0. The van der Waals surface area contributed by atoms with Gasteiger partial charge in [-0.3, -0.25) is 14.0 Å². The molecule has 2 aromatic rings. The molecule has 1 saturated heterocycles. The van der Waals surface area contributed by atoms with E-state index in [0.717, 1.165) is 37.7 Å². The molecule has 0 saturated carbocycles. The van der Waals surface area contributed by atoms with Crippen LogP contribution in [0.2, 0.25) is 0 Å². The number of carbonyl (C=O) groups excluding carboxylic acids is 1. The zero-order chi connectivity index (χ0) is 21.6.